The Labute approximate surface area is 130 Å². The molecule has 0 saturated carbocycles. The molecule has 0 aromatic carbocycles. The number of hydrogen-bond donors (Lipinski definition) is 1. The van der Waals surface area contributed by atoms with E-state index in [9.17, 15) is 8.42 Å². The monoisotopic (exact) mass is 342 g/mol. The molecule has 0 atom stereocenters. The van der Waals surface area contributed by atoms with E-state index in [1.165, 1.54) is 15.2 Å². The van der Waals surface area contributed by atoms with Gasteiger partial charge in [0.15, 0.2) is 5.03 Å². The van der Waals surface area contributed by atoms with E-state index in [4.69, 9.17) is 11.6 Å². The molecule has 6 nitrogen and oxygen atoms in total. The first-order valence-electron chi connectivity index (χ1n) is 6.29. The lowest BCUT2D eigenvalue weighted by atomic mass is 9.98. The second kappa shape index (κ2) is 7.09. The van der Waals surface area contributed by atoms with Crippen LogP contribution in [-0.4, -0.2) is 49.2 Å². The zero-order valence-electron chi connectivity index (χ0n) is 11.5. The Kier molecular flexibility index (Phi) is 6.27. The highest BCUT2D eigenvalue weighted by Crippen LogP contribution is 2.27. The highest BCUT2D eigenvalue weighted by Gasteiger charge is 2.32. The van der Waals surface area contributed by atoms with Gasteiger partial charge in [-0.2, -0.15) is 9.40 Å². The Morgan fingerprint density at radius 2 is 2.05 bits per heavy atom. The number of nitrogens with zero attached hydrogens (tertiary/aromatic N) is 3. The van der Waals surface area contributed by atoms with E-state index in [0.717, 1.165) is 19.4 Å². The van der Waals surface area contributed by atoms with Gasteiger partial charge >= 0.3 is 0 Å². The highest BCUT2D eigenvalue weighted by atomic mass is 35.5. The summed E-state index contributed by atoms with van der Waals surface area (Å²) in [6, 6.07) is 0. The minimum Gasteiger partial charge on any atom is -0.319 e. The van der Waals surface area contributed by atoms with Crippen molar-refractivity contribution in [2.24, 2.45) is 13.0 Å². The van der Waals surface area contributed by atoms with Crippen LogP contribution in [0.5, 0.6) is 0 Å². The lowest BCUT2D eigenvalue weighted by molar-refractivity contribution is 0.269. The lowest BCUT2D eigenvalue weighted by Gasteiger charge is -2.31. The molecule has 9 heteroatoms. The molecule has 0 bridgehead atoms. The van der Waals surface area contributed by atoms with Gasteiger partial charge in [-0.25, -0.2) is 8.42 Å². The average Bonchev–Trinajstić information content (AvgIpc) is 2.70. The molecule has 1 aromatic rings. The molecule has 1 aliphatic heterocycles. The minimum absolute atomic E-state index is 0. The molecule has 1 aromatic heterocycles. The van der Waals surface area contributed by atoms with E-state index in [-0.39, 0.29) is 22.5 Å². The first-order valence-corrected chi connectivity index (χ1v) is 8.11. The van der Waals surface area contributed by atoms with Crippen molar-refractivity contribution < 1.29 is 8.42 Å². The van der Waals surface area contributed by atoms with Crippen molar-refractivity contribution in [1.82, 2.24) is 19.4 Å². The van der Waals surface area contributed by atoms with Crippen molar-refractivity contribution >= 4 is 34.0 Å². The van der Waals surface area contributed by atoms with E-state index < -0.39 is 10.0 Å². The van der Waals surface area contributed by atoms with Gasteiger partial charge in [0, 0.05) is 20.1 Å². The Hall–Kier alpha value is -0.340. The van der Waals surface area contributed by atoms with Crippen molar-refractivity contribution in [3.05, 3.63) is 11.2 Å². The van der Waals surface area contributed by atoms with Gasteiger partial charge in [0.05, 0.1) is 11.2 Å². The molecule has 0 aliphatic carbocycles. The smallest absolute Gasteiger partial charge is 0.261 e. The van der Waals surface area contributed by atoms with E-state index in [1.54, 1.807) is 7.05 Å². The molecule has 2 heterocycles. The standard InChI is InChI=1S/C11H19ClN4O2S.ClH/c1-13-7-9-3-5-16(6-4-9)19(17,18)11-10(12)8-14-15(11)2;/h8-9,13H,3-7H2,1-2H3;1H. The van der Waals surface area contributed by atoms with E-state index in [0.29, 0.717) is 19.0 Å². The predicted molar refractivity (Wildman–Crippen MR) is 80.9 cm³/mol. The number of sulfonamides is 1. The molecule has 116 valence electrons. The molecule has 0 amide bonds. The highest BCUT2D eigenvalue weighted by molar-refractivity contribution is 7.89. The third-order valence-corrected chi connectivity index (χ3v) is 5.90. The normalized spacial score (nSPS) is 17.9. The van der Waals surface area contributed by atoms with Crippen LogP contribution in [0.4, 0.5) is 0 Å². The number of hydrogen-bond acceptors (Lipinski definition) is 4. The molecule has 1 saturated heterocycles. The molecule has 1 N–H and O–H groups in total. The Morgan fingerprint density at radius 1 is 1.45 bits per heavy atom. The van der Waals surface area contributed by atoms with E-state index >= 15 is 0 Å². The van der Waals surface area contributed by atoms with Gasteiger partial charge in [-0.3, -0.25) is 4.68 Å². The van der Waals surface area contributed by atoms with Crippen molar-refractivity contribution in [3.63, 3.8) is 0 Å². The lowest BCUT2D eigenvalue weighted by Crippen LogP contribution is -2.41. The van der Waals surface area contributed by atoms with Gasteiger partial charge in [-0.15, -0.1) is 12.4 Å². The quantitative estimate of drug-likeness (QED) is 0.890. The van der Waals surface area contributed by atoms with E-state index in [2.05, 4.69) is 10.4 Å². The molecule has 1 aliphatic rings. The number of nitrogens with one attached hydrogen (secondary N) is 1. The van der Waals surface area contributed by atoms with Crippen LogP contribution in [-0.2, 0) is 17.1 Å². The van der Waals surface area contributed by atoms with Gasteiger partial charge in [0.2, 0.25) is 0 Å². The number of rotatable bonds is 4. The Morgan fingerprint density at radius 3 is 2.50 bits per heavy atom. The molecule has 2 rings (SSSR count). The number of piperidine rings is 1. The van der Waals surface area contributed by atoms with Gasteiger partial charge in [0.1, 0.15) is 0 Å². The summed E-state index contributed by atoms with van der Waals surface area (Å²) in [6.45, 7) is 2.01. The summed E-state index contributed by atoms with van der Waals surface area (Å²) in [6.07, 6.45) is 3.10. The zero-order valence-corrected chi connectivity index (χ0v) is 13.9. The fourth-order valence-corrected chi connectivity index (χ4v) is 4.53. The number of aromatic nitrogens is 2. The second-order valence-corrected chi connectivity index (χ2v) is 7.09. The number of aryl methyl sites for hydroxylation is 1. The minimum atomic E-state index is -3.54. The third-order valence-electron chi connectivity index (χ3n) is 3.49. The van der Waals surface area contributed by atoms with Crippen LogP contribution in [0.2, 0.25) is 5.02 Å². The van der Waals surface area contributed by atoms with Crippen LogP contribution in [0.1, 0.15) is 12.8 Å². The van der Waals surface area contributed by atoms with Crippen LogP contribution in [0.25, 0.3) is 0 Å². The third kappa shape index (κ3) is 3.46. The summed E-state index contributed by atoms with van der Waals surface area (Å²) in [5.74, 6) is 0.540. The Balaban J connectivity index is 0.00000200. The zero-order chi connectivity index (χ0) is 14.0. The topological polar surface area (TPSA) is 67.2 Å². The summed E-state index contributed by atoms with van der Waals surface area (Å²) < 4.78 is 27.9. The first kappa shape index (κ1) is 17.7. The second-order valence-electron chi connectivity index (χ2n) is 4.83. The van der Waals surface area contributed by atoms with Gasteiger partial charge in [-0.05, 0) is 32.4 Å². The molecular formula is C11H20Cl2N4O2S. The van der Waals surface area contributed by atoms with Gasteiger partial charge in [0.25, 0.3) is 10.0 Å². The average molecular weight is 343 g/mol. The summed E-state index contributed by atoms with van der Waals surface area (Å²) in [5, 5.41) is 7.29. The number of halogens is 2. The van der Waals surface area contributed by atoms with E-state index in [1.807, 2.05) is 7.05 Å². The molecule has 20 heavy (non-hydrogen) atoms. The Bertz CT molecular complexity index is 519. The summed E-state index contributed by atoms with van der Waals surface area (Å²) in [7, 11) is -0.0320. The molecular weight excluding hydrogens is 323 g/mol. The van der Waals surface area contributed by atoms with Crippen LogP contribution in [0.3, 0.4) is 0 Å². The maximum absolute atomic E-state index is 12.5. The maximum atomic E-state index is 12.5. The summed E-state index contributed by atoms with van der Waals surface area (Å²) >= 11 is 5.93. The van der Waals surface area contributed by atoms with Crippen LogP contribution < -0.4 is 5.32 Å². The van der Waals surface area contributed by atoms with Crippen molar-refractivity contribution in [1.29, 1.82) is 0 Å². The largest absolute Gasteiger partial charge is 0.319 e. The van der Waals surface area contributed by atoms with Crippen LogP contribution in [0.15, 0.2) is 11.2 Å². The fraction of sp³-hybridized carbons (Fsp3) is 0.727. The first-order chi connectivity index (χ1) is 8.96. The fourth-order valence-electron chi connectivity index (χ4n) is 2.45. The van der Waals surface area contributed by atoms with Crippen LogP contribution in [0, 0.1) is 5.92 Å². The predicted octanol–water partition coefficient (Wildman–Crippen LogP) is 1.12. The molecule has 0 radical (unpaired) electrons. The molecule has 0 unspecified atom stereocenters. The van der Waals surface area contributed by atoms with Crippen molar-refractivity contribution in [2.75, 3.05) is 26.7 Å². The van der Waals surface area contributed by atoms with Crippen molar-refractivity contribution in [2.45, 2.75) is 17.9 Å². The van der Waals surface area contributed by atoms with Crippen molar-refractivity contribution in [3.8, 4) is 0 Å². The maximum Gasteiger partial charge on any atom is 0.261 e. The van der Waals surface area contributed by atoms with Crippen LogP contribution >= 0.6 is 24.0 Å². The molecule has 0 spiro atoms. The van der Waals surface area contributed by atoms with Gasteiger partial charge < -0.3 is 5.32 Å². The summed E-state index contributed by atoms with van der Waals surface area (Å²) in [5.41, 5.74) is 0. The molecule has 1 fully saturated rings. The van der Waals surface area contributed by atoms with Gasteiger partial charge in [-0.1, -0.05) is 11.6 Å². The summed E-state index contributed by atoms with van der Waals surface area (Å²) in [4.78, 5) is 0. The SMILES string of the molecule is CNCC1CCN(S(=O)(=O)c2c(Cl)cnn2C)CC1.Cl.